The van der Waals surface area contributed by atoms with E-state index in [-0.39, 0.29) is 11.7 Å². The molecule has 1 amide bonds. The Morgan fingerprint density at radius 2 is 1.87 bits per heavy atom. The summed E-state index contributed by atoms with van der Waals surface area (Å²) in [7, 11) is 3.10. The number of fused-ring (bicyclic) bond motifs is 1. The highest BCUT2D eigenvalue weighted by atomic mass is 32.2. The number of para-hydroxylation sites is 1. The summed E-state index contributed by atoms with van der Waals surface area (Å²) < 4.78 is 12.1. The van der Waals surface area contributed by atoms with Crippen LogP contribution in [0.4, 0.5) is 5.69 Å². The van der Waals surface area contributed by atoms with Gasteiger partial charge in [0.2, 0.25) is 5.91 Å². The van der Waals surface area contributed by atoms with E-state index in [1.807, 2.05) is 30.3 Å². The number of nitrogens with zero attached hydrogens (tertiary/aromatic N) is 5. The molecule has 0 aliphatic carbocycles. The van der Waals surface area contributed by atoms with E-state index in [9.17, 15) is 4.79 Å². The molecule has 0 radical (unpaired) electrons. The second-order valence-corrected chi connectivity index (χ2v) is 7.06. The van der Waals surface area contributed by atoms with Crippen LogP contribution < -0.4 is 14.8 Å². The van der Waals surface area contributed by atoms with Crippen LogP contribution in [0, 0.1) is 0 Å². The smallest absolute Gasteiger partial charge is 0.234 e. The number of amides is 1. The highest BCUT2D eigenvalue weighted by molar-refractivity contribution is 8.00. The van der Waals surface area contributed by atoms with Gasteiger partial charge >= 0.3 is 0 Å². The number of benzene rings is 2. The molecule has 2 aromatic carbocycles. The maximum atomic E-state index is 12.4. The van der Waals surface area contributed by atoms with Gasteiger partial charge in [-0.05, 0) is 24.3 Å². The lowest BCUT2D eigenvalue weighted by molar-refractivity contribution is -0.113. The number of methoxy groups -OCH3 is 2. The Hall–Kier alpha value is -3.66. The second-order valence-electron chi connectivity index (χ2n) is 6.09. The lowest BCUT2D eigenvalue weighted by atomic mass is 10.2. The largest absolute Gasteiger partial charge is 0.493 e. The molecule has 9 nitrogen and oxygen atoms in total. The summed E-state index contributed by atoms with van der Waals surface area (Å²) in [6, 6.07) is 14.8. The fourth-order valence-electron chi connectivity index (χ4n) is 2.82. The molecule has 2 aromatic heterocycles. The minimum Gasteiger partial charge on any atom is -0.493 e. The van der Waals surface area contributed by atoms with Gasteiger partial charge in [-0.2, -0.15) is 4.68 Å². The van der Waals surface area contributed by atoms with E-state index in [1.165, 1.54) is 18.1 Å². The van der Waals surface area contributed by atoms with E-state index < -0.39 is 0 Å². The average molecular weight is 422 g/mol. The number of hydrogen-bond acceptors (Lipinski definition) is 8. The molecule has 1 N–H and O–H groups in total. The molecule has 0 fully saturated rings. The summed E-state index contributed by atoms with van der Waals surface area (Å²) in [5, 5.41) is 11.8. The number of rotatable bonds is 7. The maximum absolute atomic E-state index is 12.4. The topological polar surface area (TPSA) is 104 Å². The van der Waals surface area contributed by atoms with Crippen molar-refractivity contribution in [3.8, 4) is 17.2 Å². The van der Waals surface area contributed by atoms with Gasteiger partial charge in [-0.3, -0.25) is 4.79 Å². The molecular weight excluding hydrogens is 404 g/mol. The third-order valence-electron chi connectivity index (χ3n) is 4.21. The number of ether oxygens (including phenoxy) is 2. The molecule has 10 heteroatoms. The third kappa shape index (κ3) is 4.03. The fourth-order valence-corrected chi connectivity index (χ4v) is 3.55. The second kappa shape index (κ2) is 8.78. The minimum atomic E-state index is -0.186. The van der Waals surface area contributed by atoms with Crippen LogP contribution in [0.15, 0.2) is 59.9 Å². The van der Waals surface area contributed by atoms with Crippen LogP contribution >= 0.6 is 11.8 Å². The Morgan fingerprint density at radius 3 is 2.63 bits per heavy atom. The number of aromatic nitrogens is 5. The molecule has 0 bridgehead atoms. The fraction of sp³-hybridized carbons (Fsp3) is 0.150. The van der Waals surface area contributed by atoms with E-state index >= 15 is 0 Å². The summed E-state index contributed by atoms with van der Waals surface area (Å²) >= 11 is 1.27. The van der Waals surface area contributed by atoms with Crippen molar-refractivity contribution in [1.29, 1.82) is 0 Å². The van der Waals surface area contributed by atoms with Gasteiger partial charge in [0.25, 0.3) is 0 Å². The van der Waals surface area contributed by atoms with Crippen molar-refractivity contribution in [2.75, 3.05) is 25.3 Å². The monoisotopic (exact) mass is 422 g/mol. The van der Waals surface area contributed by atoms with Crippen LogP contribution in [-0.2, 0) is 4.79 Å². The van der Waals surface area contributed by atoms with Gasteiger partial charge in [0.15, 0.2) is 22.7 Å². The summed E-state index contributed by atoms with van der Waals surface area (Å²) in [4.78, 5) is 21.0. The third-order valence-corrected chi connectivity index (χ3v) is 5.19. The van der Waals surface area contributed by atoms with Crippen LogP contribution in [0.25, 0.3) is 16.9 Å². The first-order valence-electron chi connectivity index (χ1n) is 8.96. The Labute approximate surface area is 176 Å². The summed E-state index contributed by atoms with van der Waals surface area (Å²) in [6.07, 6.45) is 1.44. The SMILES string of the molecule is COc1ccc(NC(=O)CSc2ncnc3c2nnn3-c2ccccc2)cc1OC. The highest BCUT2D eigenvalue weighted by Gasteiger charge is 2.15. The van der Waals surface area contributed by atoms with Crippen molar-refractivity contribution in [3.63, 3.8) is 0 Å². The zero-order chi connectivity index (χ0) is 20.9. The Morgan fingerprint density at radius 1 is 1.07 bits per heavy atom. The predicted octanol–water partition coefficient (Wildman–Crippen LogP) is 2.96. The van der Waals surface area contributed by atoms with Crippen molar-refractivity contribution < 1.29 is 14.3 Å². The Balaban J connectivity index is 1.47. The molecule has 0 aliphatic rings. The molecule has 152 valence electrons. The maximum Gasteiger partial charge on any atom is 0.234 e. The van der Waals surface area contributed by atoms with E-state index in [2.05, 4.69) is 25.6 Å². The van der Waals surface area contributed by atoms with Crippen LogP contribution in [0.1, 0.15) is 0 Å². The van der Waals surface area contributed by atoms with Gasteiger partial charge in [0, 0.05) is 11.8 Å². The lowest BCUT2D eigenvalue weighted by Crippen LogP contribution is -2.14. The van der Waals surface area contributed by atoms with Crippen LogP contribution in [0.3, 0.4) is 0 Å². The molecule has 0 atom stereocenters. The number of thioether (sulfide) groups is 1. The van der Waals surface area contributed by atoms with Gasteiger partial charge in [0.05, 0.1) is 25.7 Å². The van der Waals surface area contributed by atoms with Crippen molar-refractivity contribution >= 4 is 34.5 Å². The first-order valence-corrected chi connectivity index (χ1v) is 9.94. The van der Waals surface area contributed by atoms with Gasteiger partial charge in [-0.15, -0.1) is 5.10 Å². The average Bonchev–Trinajstić information content (AvgIpc) is 3.23. The van der Waals surface area contributed by atoms with Crippen LogP contribution in [0.5, 0.6) is 11.5 Å². The van der Waals surface area contributed by atoms with E-state index in [0.29, 0.717) is 33.4 Å². The minimum absolute atomic E-state index is 0.151. The lowest BCUT2D eigenvalue weighted by Gasteiger charge is -2.10. The van der Waals surface area contributed by atoms with Crippen LogP contribution in [-0.4, -0.2) is 50.8 Å². The van der Waals surface area contributed by atoms with E-state index in [0.717, 1.165) is 5.69 Å². The zero-order valence-electron chi connectivity index (χ0n) is 16.3. The number of nitrogens with one attached hydrogen (secondary N) is 1. The molecule has 0 saturated carbocycles. The normalized spacial score (nSPS) is 10.7. The van der Waals surface area contributed by atoms with Gasteiger partial charge in [-0.25, -0.2) is 9.97 Å². The molecule has 4 rings (SSSR count). The molecule has 30 heavy (non-hydrogen) atoms. The number of anilines is 1. The van der Waals surface area contributed by atoms with Gasteiger partial charge < -0.3 is 14.8 Å². The number of carbonyl (C=O) groups excluding carboxylic acids is 1. The van der Waals surface area contributed by atoms with Crippen molar-refractivity contribution in [2.24, 2.45) is 0 Å². The Kier molecular flexibility index (Phi) is 5.75. The molecule has 4 aromatic rings. The standard InChI is InChI=1S/C20H18N6O3S/c1-28-15-9-8-13(10-16(15)29-2)23-17(27)11-30-20-18-19(21-12-22-20)26(25-24-18)14-6-4-3-5-7-14/h3-10,12H,11H2,1-2H3,(H,23,27). The van der Waals surface area contributed by atoms with Gasteiger partial charge in [0.1, 0.15) is 11.4 Å². The molecule has 0 saturated heterocycles. The molecule has 0 unspecified atom stereocenters. The number of carbonyl (C=O) groups is 1. The number of hydrogen-bond donors (Lipinski definition) is 1. The van der Waals surface area contributed by atoms with E-state index in [4.69, 9.17) is 9.47 Å². The van der Waals surface area contributed by atoms with Crippen molar-refractivity contribution in [3.05, 3.63) is 54.9 Å². The summed E-state index contributed by atoms with van der Waals surface area (Å²) in [6.45, 7) is 0. The van der Waals surface area contributed by atoms with Crippen LogP contribution in [0.2, 0.25) is 0 Å². The predicted molar refractivity (Wildman–Crippen MR) is 113 cm³/mol. The molecule has 0 spiro atoms. The summed E-state index contributed by atoms with van der Waals surface area (Å²) in [5.41, 5.74) is 2.59. The Bertz CT molecular complexity index is 1180. The van der Waals surface area contributed by atoms with Crippen molar-refractivity contribution in [2.45, 2.75) is 5.03 Å². The van der Waals surface area contributed by atoms with Gasteiger partial charge in [-0.1, -0.05) is 35.2 Å². The molecular formula is C20H18N6O3S. The first kappa shape index (κ1) is 19.6. The quantitative estimate of drug-likeness (QED) is 0.358. The highest BCUT2D eigenvalue weighted by Crippen LogP contribution is 2.30. The van der Waals surface area contributed by atoms with Crippen molar-refractivity contribution in [1.82, 2.24) is 25.0 Å². The first-order chi connectivity index (χ1) is 14.7. The zero-order valence-corrected chi connectivity index (χ0v) is 17.1. The molecule has 2 heterocycles. The molecule has 0 aliphatic heterocycles. The van der Waals surface area contributed by atoms with E-state index in [1.54, 1.807) is 37.1 Å². The summed E-state index contributed by atoms with van der Waals surface area (Å²) in [5.74, 6) is 1.10.